The van der Waals surface area contributed by atoms with Crippen molar-refractivity contribution in [1.29, 1.82) is 0 Å². The maximum absolute atomic E-state index is 12.1. The number of fused-ring (bicyclic) bond motifs is 1. The molecule has 0 saturated heterocycles. The summed E-state index contributed by atoms with van der Waals surface area (Å²) >= 11 is 0. The summed E-state index contributed by atoms with van der Waals surface area (Å²) in [5.41, 5.74) is 4.10. The fourth-order valence-corrected chi connectivity index (χ4v) is 3.63. The second kappa shape index (κ2) is 9.37. The fourth-order valence-electron chi connectivity index (χ4n) is 3.63. The van der Waals surface area contributed by atoms with Gasteiger partial charge in [0.15, 0.2) is 11.2 Å². The van der Waals surface area contributed by atoms with Crippen LogP contribution in [0.2, 0.25) is 0 Å². The molecule has 1 aromatic carbocycles. The van der Waals surface area contributed by atoms with E-state index in [1.165, 1.54) is 17.1 Å². The van der Waals surface area contributed by atoms with E-state index in [1.807, 2.05) is 48.7 Å². The SMILES string of the molecule is CCOC(=O)c1cnn(-c2nc(OCc3ccccc3)c3c(ncn3Cc3c(C)noc3C)n2)c1. The lowest BCUT2D eigenvalue weighted by molar-refractivity contribution is 0.0526. The maximum Gasteiger partial charge on any atom is 0.341 e. The monoisotopic (exact) mass is 473 g/mol. The molecule has 5 rings (SSSR count). The molecule has 4 aromatic heterocycles. The summed E-state index contributed by atoms with van der Waals surface area (Å²) in [6.45, 7) is 6.55. The highest BCUT2D eigenvalue weighted by molar-refractivity contribution is 5.88. The van der Waals surface area contributed by atoms with Crippen molar-refractivity contribution in [3.8, 4) is 11.8 Å². The third-order valence-electron chi connectivity index (χ3n) is 5.46. The van der Waals surface area contributed by atoms with Crippen LogP contribution in [0, 0.1) is 13.8 Å². The summed E-state index contributed by atoms with van der Waals surface area (Å²) in [6.07, 6.45) is 4.60. The molecule has 0 aliphatic rings. The molecular weight excluding hydrogens is 450 g/mol. The smallest absolute Gasteiger partial charge is 0.341 e. The van der Waals surface area contributed by atoms with Gasteiger partial charge in [-0.3, -0.25) is 0 Å². The number of carbonyl (C=O) groups excluding carboxylic acids is 1. The molecule has 0 atom stereocenters. The number of imidazole rings is 1. The van der Waals surface area contributed by atoms with Crippen molar-refractivity contribution in [3.63, 3.8) is 0 Å². The van der Waals surface area contributed by atoms with Crippen molar-refractivity contribution in [1.82, 2.24) is 34.5 Å². The van der Waals surface area contributed by atoms with Gasteiger partial charge in [-0.05, 0) is 26.3 Å². The molecule has 0 spiro atoms. The Morgan fingerprint density at radius 1 is 1.14 bits per heavy atom. The van der Waals surface area contributed by atoms with Crippen molar-refractivity contribution < 1.29 is 18.8 Å². The van der Waals surface area contributed by atoms with Gasteiger partial charge in [0.05, 0.1) is 36.9 Å². The first-order chi connectivity index (χ1) is 17.0. The summed E-state index contributed by atoms with van der Waals surface area (Å²) in [5.74, 6) is 0.825. The first kappa shape index (κ1) is 22.3. The minimum atomic E-state index is -0.468. The van der Waals surface area contributed by atoms with E-state index in [0.29, 0.717) is 35.8 Å². The predicted octanol–water partition coefficient (Wildman–Crippen LogP) is 3.42. The molecule has 0 amide bonds. The van der Waals surface area contributed by atoms with Crippen LogP contribution in [0.4, 0.5) is 0 Å². The second-order valence-electron chi connectivity index (χ2n) is 7.84. The Kier molecular flexibility index (Phi) is 5.96. The number of benzene rings is 1. The zero-order valence-corrected chi connectivity index (χ0v) is 19.5. The van der Waals surface area contributed by atoms with Gasteiger partial charge in [-0.1, -0.05) is 35.5 Å². The molecule has 11 heteroatoms. The van der Waals surface area contributed by atoms with Crippen LogP contribution in [0.25, 0.3) is 17.1 Å². The van der Waals surface area contributed by atoms with Crippen molar-refractivity contribution in [2.45, 2.75) is 33.9 Å². The standard InChI is InChI=1S/C24H23N7O4/c1-4-33-23(32)18-10-26-31(11-18)24-27-21-20(22(28-24)34-13-17-8-6-5-7-9-17)30(14-25-21)12-19-15(2)29-35-16(19)3/h5-11,14H,4,12-13H2,1-3H3. The van der Waals surface area contributed by atoms with Crippen LogP contribution in [0.5, 0.6) is 5.88 Å². The third kappa shape index (κ3) is 4.47. The number of aryl methyl sites for hydroxylation is 2. The van der Waals surface area contributed by atoms with E-state index in [9.17, 15) is 4.79 Å². The number of rotatable bonds is 8. The normalized spacial score (nSPS) is 11.2. The van der Waals surface area contributed by atoms with Crippen LogP contribution < -0.4 is 4.74 Å². The van der Waals surface area contributed by atoms with Crippen LogP contribution >= 0.6 is 0 Å². The molecule has 0 fully saturated rings. The van der Waals surface area contributed by atoms with E-state index in [0.717, 1.165) is 22.6 Å². The molecule has 0 bridgehead atoms. The Morgan fingerprint density at radius 3 is 2.71 bits per heavy atom. The number of carbonyl (C=O) groups is 1. The molecule has 4 heterocycles. The van der Waals surface area contributed by atoms with Crippen molar-refractivity contribution >= 4 is 17.1 Å². The average molecular weight is 473 g/mol. The van der Waals surface area contributed by atoms with Crippen LogP contribution in [0.15, 0.2) is 53.6 Å². The van der Waals surface area contributed by atoms with Crippen LogP contribution in [0.3, 0.4) is 0 Å². The number of ether oxygens (including phenoxy) is 2. The van der Waals surface area contributed by atoms with Crippen LogP contribution in [0.1, 0.15) is 39.9 Å². The molecule has 178 valence electrons. The zero-order chi connectivity index (χ0) is 24.4. The van der Waals surface area contributed by atoms with Gasteiger partial charge in [-0.2, -0.15) is 15.1 Å². The molecule has 0 saturated carbocycles. The highest BCUT2D eigenvalue weighted by Crippen LogP contribution is 2.26. The van der Waals surface area contributed by atoms with Crippen LogP contribution in [-0.2, 0) is 17.9 Å². The summed E-state index contributed by atoms with van der Waals surface area (Å²) in [6, 6.07) is 9.78. The molecule has 0 aliphatic heterocycles. The van der Waals surface area contributed by atoms with Crippen molar-refractivity contribution in [3.05, 3.63) is 77.2 Å². The summed E-state index contributed by atoms with van der Waals surface area (Å²) in [7, 11) is 0. The summed E-state index contributed by atoms with van der Waals surface area (Å²) in [4.78, 5) is 25.7. The molecule has 0 unspecified atom stereocenters. The number of hydrogen-bond acceptors (Lipinski definition) is 9. The lowest BCUT2D eigenvalue weighted by Gasteiger charge is -2.11. The number of hydrogen-bond donors (Lipinski definition) is 0. The third-order valence-corrected chi connectivity index (χ3v) is 5.46. The summed E-state index contributed by atoms with van der Waals surface area (Å²) in [5, 5.41) is 8.26. The molecule has 0 aliphatic carbocycles. The van der Waals surface area contributed by atoms with Gasteiger partial charge in [-0.15, -0.1) is 0 Å². The fraction of sp³-hybridized carbons (Fsp3) is 0.250. The number of nitrogens with zero attached hydrogens (tertiary/aromatic N) is 7. The highest BCUT2D eigenvalue weighted by Gasteiger charge is 2.20. The van der Waals surface area contributed by atoms with Gasteiger partial charge in [0, 0.05) is 11.8 Å². The first-order valence-corrected chi connectivity index (χ1v) is 11.1. The van der Waals surface area contributed by atoms with Gasteiger partial charge in [-0.25, -0.2) is 14.5 Å². The van der Waals surface area contributed by atoms with Gasteiger partial charge >= 0.3 is 5.97 Å². The Labute approximate surface area is 200 Å². The molecular formula is C24H23N7O4. The molecule has 35 heavy (non-hydrogen) atoms. The lowest BCUT2D eigenvalue weighted by atomic mass is 10.2. The largest absolute Gasteiger partial charge is 0.471 e. The Bertz CT molecular complexity index is 1470. The van der Waals surface area contributed by atoms with Gasteiger partial charge in [0.25, 0.3) is 5.95 Å². The van der Waals surface area contributed by atoms with Crippen LogP contribution in [-0.4, -0.2) is 47.0 Å². The predicted molar refractivity (Wildman–Crippen MR) is 124 cm³/mol. The highest BCUT2D eigenvalue weighted by atomic mass is 16.5. The molecule has 11 nitrogen and oxygen atoms in total. The minimum absolute atomic E-state index is 0.221. The van der Waals surface area contributed by atoms with Crippen molar-refractivity contribution in [2.75, 3.05) is 6.61 Å². The second-order valence-corrected chi connectivity index (χ2v) is 7.84. The minimum Gasteiger partial charge on any atom is -0.471 e. The molecule has 0 N–H and O–H groups in total. The Balaban J connectivity index is 1.55. The number of aromatic nitrogens is 7. The maximum atomic E-state index is 12.1. The molecule has 0 radical (unpaired) electrons. The van der Waals surface area contributed by atoms with E-state index in [4.69, 9.17) is 14.0 Å². The van der Waals surface area contributed by atoms with E-state index in [-0.39, 0.29) is 12.6 Å². The van der Waals surface area contributed by atoms with Gasteiger partial charge < -0.3 is 18.6 Å². The average Bonchev–Trinajstić information content (AvgIpc) is 3.59. The zero-order valence-electron chi connectivity index (χ0n) is 19.5. The quantitative estimate of drug-likeness (QED) is 0.312. The first-order valence-electron chi connectivity index (χ1n) is 11.1. The van der Waals surface area contributed by atoms with Gasteiger partial charge in [0.1, 0.15) is 12.4 Å². The van der Waals surface area contributed by atoms with Crippen molar-refractivity contribution in [2.24, 2.45) is 0 Å². The molecule has 5 aromatic rings. The summed E-state index contributed by atoms with van der Waals surface area (Å²) < 4.78 is 19.8. The van der Waals surface area contributed by atoms with E-state index >= 15 is 0 Å². The number of esters is 1. The lowest BCUT2D eigenvalue weighted by Crippen LogP contribution is -2.08. The Hall–Kier alpha value is -4.54. The van der Waals surface area contributed by atoms with E-state index in [1.54, 1.807) is 13.3 Å². The van der Waals surface area contributed by atoms with Gasteiger partial charge in [0.2, 0.25) is 5.88 Å². The van der Waals surface area contributed by atoms with E-state index < -0.39 is 5.97 Å². The topological polar surface area (TPSA) is 123 Å². The Morgan fingerprint density at radius 2 is 1.97 bits per heavy atom. The van der Waals surface area contributed by atoms with E-state index in [2.05, 4.69) is 25.2 Å².